The van der Waals surface area contributed by atoms with Gasteiger partial charge in [0.25, 0.3) is 5.56 Å². The van der Waals surface area contributed by atoms with Gasteiger partial charge in [-0.25, -0.2) is 13.9 Å². The quantitative estimate of drug-likeness (QED) is 0.166. The molecule has 8 N–H and O–H groups in total. The molecule has 3 rings (SSSR count). The Morgan fingerprint density at radius 1 is 1.20 bits per heavy atom. The molecular weight excluding hydrogens is 520 g/mol. The van der Waals surface area contributed by atoms with E-state index in [0.29, 0.717) is 0 Å². The highest BCUT2D eigenvalue weighted by molar-refractivity contribution is 7.61. The summed E-state index contributed by atoms with van der Waals surface area (Å²) in [6.45, 7) is 2.03. The van der Waals surface area contributed by atoms with Crippen molar-refractivity contribution in [1.29, 1.82) is 0 Å². The summed E-state index contributed by atoms with van der Waals surface area (Å²) >= 11 is 0. The van der Waals surface area contributed by atoms with E-state index in [4.69, 9.17) is 34.0 Å². The van der Waals surface area contributed by atoms with E-state index >= 15 is 0 Å². The van der Waals surface area contributed by atoms with Crippen molar-refractivity contribution in [3.63, 3.8) is 0 Å². The van der Waals surface area contributed by atoms with Gasteiger partial charge in [0.15, 0.2) is 6.29 Å². The van der Waals surface area contributed by atoms with Crippen molar-refractivity contribution in [2.45, 2.75) is 69.3 Å². The maximum absolute atomic E-state index is 13.0. The first-order chi connectivity index (χ1) is 16.1. The lowest BCUT2D eigenvalue weighted by atomic mass is 9.98. The number of H-pyrrole nitrogens is 1. The van der Waals surface area contributed by atoms with Crippen molar-refractivity contribution >= 4 is 15.6 Å². The first-order valence-electron chi connectivity index (χ1n) is 10.2. The van der Waals surface area contributed by atoms with Crippen LogP contribution in [0.2, 0.25) is 0 Å². The number of aliphatic hydroxyl groups excluding tert-OH is 3. The van der Waals surface area contributed by atoms with E-state index in [1.54, 1.807) is 0 Å². The zero-order valence-corrected chi connectivity index (χ0v) is 20.2. The van der Waals surface area contributed by atoms with Crippen molar-refractivity contribution in [3.05, 3.63) is 32.6 Å². The van der Waals surface area contributed by atoms with Crippen molar-refractivity contribution in [3.8, 4) is 0 Å². The molecule has 35 heavy (non-hydrogen) atoms. The average molecular weight is 547 g/mol. The average Bonchev–Trinajstić information content (AvgIpc) is 3.10. The smallest absolute Gasteiger partial charge is 0.390 e. The largest absolute Gasteiger partial charge is 0.486 e. The third kappa shape index (κ3) is 6.72. The van der Waals surface area contributed by atoms with Gasteiger partial charge in [-0.3, -0.25) is 23.4 Å². The summed E-state index contributed by atoms with van der Waals surface area (Å²) in [5.74, 6) is 0. The van der Waals surface area contributed by atoms with Gasteiger partial charge in [-0.15, -0.1) is 0 Å². The molecule has 2 aliphatic heterocycles. The summed E-state index contributed by atoms with van der Waals surface area (Å²) < 4.78 is 50.1. The van der Waals surface area contributed by atoms with Crippen molar-refractivity contribution in [2.24, 2.45) is 5.73 Å². The molecule has 0 bridgehead atoms. The number of aromatic amines is 1. The first kappa shape index (κ1) is 28.3. The number of nitrogens with two attached hydrogens (primary N) is 1. The zero-order chi connectivity index (χ0) is 26.3. The highest BCUT2D eigenvalue weighted by Crippen LogP contribution is 2.62. The molecule has 0 saturated carbocycles. The summed E-state index contributed by atoms with van der Waals surface area (Å²) in [5, 5.41) is 30.4. The molecule has 2 unspecified atom stereocenters. The molecule has 1 aromatic rings. The number of phosphoric ester groups is 1. The van der Waals surface area contributed by atoms with Crippen LogP contribution in [-0.4, -0.2) is 84.1 Å². The standard InChI is InChI=1S/C16H27N3O14P2/c1-6-4-19(16(24)18-14(6)23)10-3-8(20)9(31-10)5-29-35(28,33-34(25,26)27)32-15-13(22)12(21)11(17)7(2)30-15/h4,7-13,15,20-22H,3,5,17H2,1-2H3,(H,18,23,24)(H2,25,26,27)/t7-,8?,9-,10-,11-,12+,13-,15+,35?/m1/s1. The second-order valence-corrected chi connectivity index (χ2v) is 11.1. The number of aliphatic hydroxyl groups is 3. The van der Waals surface area contributed by atoms with Gasteiger partial charge in [-0.1, -0.05) is 0 Å². The van der Waals surface area contributed by atoms with Crippen molar-refractivity contribution < 1.29 is 57.1 Å². The molecule has 2 saturated heterocycles. The fourth-order valence-corrected chi connectivity index (χ4v) is 5.67. The Morgan fingerprint density at radius 2 is 1.86 bits per heavy atom. The van der Waals surface area contributed by atoms with Crippen molar-refractivity contribution in [2.75, 3.05) is 6.61 Å². The Morgan fingerprint density at radius 3 is 2.49 bits per heavy atom. The SMILES string of the molecule is Cc1cn([C@H]2CC(O)[C@@H](COP(=O)(O[C@@H]3O[C@H](C)[C@@H](N)[C@H](O)[C@H]3O)OP(=O)(O)O)O2)c(=O)[nH]c1=O. The van der Waals surface area contributed by atoms with Crippen LogP contribution in [0.5, 0.6) is 0 Å². The molecule has 0 spiro atoms. The monoisotopic (exact) mass is 547 g/mol. The highest BCUT2D eigenvalue weighted by Gasteiger charge is 2.48. The zero-order valence-electron chi connectivity index (χ0n) is 18.4. The minimum Gasteiger partial charge on any atom is -0.390 e. The van der Waals surface area contributed by atoms with Crippen LogP contribution in [0.25, 0.3) is 0 Å². The summed E-state index contributed by atoms with van der Waals surface area (Å²) in [4.78, 5) is 44.0. The van der Waals surface area contributed by atoms with Gasteiger partial charge < -0.3 is 40.3 Å². The minimum atomic E-state index is -5.49. The number of hydrogen-bond acceptors (Lipinski definition) is 13. The molecule has 3 heterocycles. The number of hydrogen-bond donors (Lipinski definition) is 7. The van der Waals surface area contributed by atoms with Gasteiger partial charge in [0.05, 0.1) is 24.9 Å². The molecule has 2 fully saturated rings. The van der Waals surface area contributed by atoms with E-state index < -0.39 is 82.6 Å². The molecule has 0 aliphatic carbocycles. The Kier molecular flexibility index (Phi) is 8.56. The van der Waals surface area contributed by atoms with Crippen LogP contribution in [0.15, 0.2) is 15.8 Å². The maximum Gasteiger partial charge on any atom is 0.486 e. The predicted molar refractivity (Wildman–Crippen MR) is 113 cm³/mol. The summed E-state index contributed by atoms with van der Waals surface area (Å²) in [6.07, 6.45) is -8.93. The number of nitrogens with zero attached hydrogens (tertiary/aromatic N) is 1. The third-order valence-electron chi connectivity index (χ3n) is 5.41. The molecule has 0 aromatic carbocycles. The van der Waals surface area contributed by atoms with E-state index in [-0.39, 0.29) is 12.0 Å². The fourth-order valence-electron chi connectivity index (χ4n) is 3.47. The molecule has 0 radical (unpaired) electrons. The number of phosphoric acid groups is 2. The summed E-state index contributed by atoms with van der Waals surface area (Å²) in [5.41, 5.74) is 4.42. The molecule has 19 heteroatoms. The Balaban J connectivity index is 1.74. The Bertz CT molecular complexity index is 1120. The van der Waals surface area contributed by atoms with Gasteiger partial charge in [0.1, 0.15) is 24.5 Å². The van der Waals surface area contributed by atoms with E-state index in [0.717, 1.165) is 4.57 Å². The second-order valence-electron chi connectivity index (χ2n) is 8.10. The molecule has 17 nitrogen and oxygen atoms in total. The fraction of sp³-hybridized carbons (Fsp3) is 0.750. The van der Waals surface area contributed by atoms with Gasteiger partial charge in [-0.2, -0.15) is 4.31 Å². The van der Waals surface area contributed by atoms with Crippen molar-refractivity contribution in [1.82, 2.24) is 9.55 Å². The molecule has 0 amide bonds. The van der Waals surface area contributed by atoms with Gasteiger partial charge in [0.2, 0.25) is 0 Å². The minimum absolute atomic E-state index is 0.157. The molecule has 9 atom stereocenters. The van der Waals surface area contributed by atoms with E-state index in [9.17, 15) is 34.0 Å². The maximum atomic E-state index is 13.0. The third-order valence-corrected chi connectivity index (χ3v) is 7.99. The summed E-state index contributed by atoms with van der Waals surface area (Å²) in [7, 11) is -10.7. The van der Waals surface area contributed by atoms with Crippen LogP contribution in [0.4, 0.5) is 0 Å². The number of ether oxygens (including phenoxy) is 2. The van der Waals surface area contributed by atoms with Gasteiger partial charge in [0, 0.05) is 18.2 Å². The van der Waals surface area contributed by atoms with Gasteiger partial charge in [-0.05, 0) is 13.8 Å². The molecule has 2 aliphatic rings. The normalized spacial score (nSPS) is 35.7. The van der Waals surface area contributed by atoms with Crippen LogP contribution < -0.4 is 17.0 Å². The van der Waals surface area contributed by atoms with Crippen LogP contribution in [0.1, 0.15) is 25.1 Å². The van der Waals surface area contributed by atoms with E-state index in [2.05, 4.69) is 9.29 Å². The Hall–Kier alpha value is -1.30. The van der Waals surface area contributed by atoms with Crippen LogP contribution in [0.3, 0.4) is 0 Å². The lowest BCUT2D eigenvalue weighted by Gasteiger charge is -2.40. The summed E-state index contributed by atoms with van der Waals surface area (Å²) in [6, 6.07) is -1.05. The lowest BCUT2D eigenvalue weighted by Crippen LogP contribution is -2.60. The molecular formula is C16H27N3O14P2. The van der Waals surface area contributed by atoms with Crippen LogP contribution in [-0.2, 0) is 32.0 Å². The lowest BCUT2D eigenvalue weighted by molar-refractivity contribution is -0.243. The number of aryl methyl sites for hydroxylation is 1. The number of nitrogens with one attached hydrogen (secondary N) is 1. The van der Waals surface area contributed by atoms with Crippen LogP contribution >= 0.6 is 15.6 Å². The first-order valence-corrected chi connectivity index (χ1v) is 13.2. The predicted octanol–water partition coefficient (Wildman–Crippen LogP) is -2.46. The topological polar surface area (TPSA) is 262 Å². The van der Waals surface area contributed by atoms with E-state index in [1.807, 2.05) is 0 Å². The van der Waals surface area contributed by atoms with Gasteiger partial charge >= 0.3 is 21.3 Å². The van der Waals surface area contributed by atoms with Crippen LogP contribution in [0, 0.1) is 6.92 Å². The highest BCUT2D eigenvalue weighted by atomic mass is 31.3. The molecule has 1 aromatic heterocycles. The Labute approximate surface area is 197 Å². The van der Waals surface area contributed by atoms with E-state index in [1.165, 1.54) is 20.0 Å². The molecule has 200 valence electrons. The number of rotatable bonds is 8. The second kappa shape index (κ2) is 10.6. The number of aromatic nitrogens is 2.